The predicted molar refractivity (Wildman–Crippen MR) is 71.0 cm³/mol. The monoisotopic (exact) mass is 270 g/mol. The lowest BCUT2D eigenvalue weighted by Gasteiger charge is -2.24. The summed E-state index contributed by atoms with van der Waals surface area (Å²) in [5, 5.41) is 9.86. The Morgan fingerprint density at radius 2 is 2.33 bits per heavy atom. The number of amides is 1. The van der Waals surface area contributed by atoms with Crippen molar-refractivity contribution in [1.82, 2.24) is 9.47 Å². The Balaban J connectivity index is 2.28. The van der Waals surface area contributed by atoms with E-state index in [-0.39, 0.29) is 24.6 Å². The molecule has 1 N–H and O–H groups in total. The molecule has 0 radical (unpaired) electrons. The molecule has 1 aliphatic heterocycles. The first-order chi connectivity index (χ1) is 8.54. The fraction of sp³-hybridized carbons (Fsp3) is 0.615. The highest BCUT2D eigenvalue weighted by Crippen LogP contribution is 2.24. The van der Waals surface area contributed by atoms with E-state index in [0.29, 0.717) is 17.3 Å². The van der Waals surface area contributed by atoms with Crippen LogP contribution in [0.4, 0.5) is 0 Å². The van der Waals surface area contributed by atoms with Gasteiger partial charge < -0.3 is 14.6 Å². The first-order valence-corrected chi connectivity index (χ1v) is 6.71. The molecular formula is C13H19ClN2O2. The molecule has 0 saturated carbocycles. The maximum absolute atomic E-state index is 12.5. The molecule has 0 aliphatic carbocycles. The lowest BCUT2D eigenvalue weighted by Crippen LogP contribution is -2.38. The molecule has 1 aliphatic rings. The molecule has 1 aromatic rings. The van der Waals surface area contributed by atoms with Gasteiger partial charge >= 0.3 is 0 Å². The third-order valence-corrected chi connectivity index (χ3v) is 3.65. The van der Waals surface area contributed by atoms with Crippen molar-refractivity contribution < 1.29 is 9.90 Å². The zero-order valence-electron chi connectivity index (χ0n) is 10.8. The van der Waals surface area contributed by atoms with Crippen LogP contribution in [-0.2, 0) is 0 Å². The minimum absolute atomic E-state index is 0.0296. The summed E-state index contributed by atoms with van der Waals surface area (Å²) < 4.78 is 1.89. The van der Waals surface area contributed by atoms with E-state index in [4.69, 9.17) is 11.6 Å². The van der Waals surface area contributed by atoms with E-state index >= 15 is 0 Å². The largest absolute Gasteiger partial charge is 0.394 e. The molecule has 100 valence electrons. The molecular weight excluding hydrogens is 252 g/mol. The van der Waals surface area contributed by atoms with Crippen molar-refractivity contribution in [2.75, 3.05) is 13.2 Å². The van der Waals surface area contributed by atoms with Crippen LogP contribution in [0.3, 0.4) is 0 Å². The van der Waals surface area contributed by atoms with Crippen molar-refractivity contribution in [3.8, 4) is 0 Å². The summed E-state index contributed by atoms with van der Waals surface area (Å²) in [6.45, 7) is 4.77. The number of aliphatic hydroxyl groups is 1. The Bertz CT molecular complexity index is 442. The van der Waals surface area contributed by atoms with Gasteiger partial charge in [0.2, 0.25) is 0 Å². The highest BCUT2D eigenvalue weighted by molar-refractivity contribution is 6.31. The van der Waals surface area contributed by atoms with Gasteiger partial charge in [0.1, 0.15) is 5.69 Å². The van der Waals surface area contributed by atoms with Crippen LogP contribution in [0.2, 0.25) is 5.02 Å². The van der Waals surface area contributed by atoms with Crippen LogP contribution in [0.15, 0.2) is 12.3 Å². The molecule has 18 heavy (non-hydrogen) atoms. The van der Waals surface area contributed by atoms with Gasteiger partial charge in [0, 0.05) is 18.8 Å². The number of halogens is 1. The van der Waals surface area contributed by atoms with E-state index in [1.807, 2.05) is 18.4 Å². The third-order valence-electron chi connectivity index (χ3n) is 3.44. The molecule has 0 spiro atoms. The molecule has 1 saturated heterocycles. The summed E-state index contributed by atoms with van der Waals surface area (Å²) in [5.41, 5.74) is 0.607. The van der Waals surface area contributed by atoms with Gasteiger partial charge in [-0.1, -0.05) is 11.6 Å². The number of aliphatic hydroxyl groups excluding tert-OH is 1. The molecule has 1 aromatic heterocycles. The number of carbonyl (C=O) groups is 1. The van der Waals surface area contributed by atoms with Crippen LogP contribution in [0, 0.1) is 0 Å². The smallest absolute Gasteiger partial charge is 0.270 e. The van der Waals surface area contributed by atoms with E-state index in [9.17, 15) is 9.90 Å². The van der Waals surface area contributed by atoms with Gasteiger partial charge in [-0.3, -0.25) is 4.79 Å². The van der Waals surface area contributed by atoms with Gasteiger partial charge in [0.05, 0.1) is 17.7 Å². The fourth-order valence-electron chi connectivity index (χ4n) is 2.48. The summed E-state index contributed by atoms with van der Waals surface area (Å²) >= 11 is 5.99. The Labute approximate surface area is 112 Å². The molecule has 1 amide bonds. The molecule has 5 heteroatoms. The Morgan fingerprint density at radius 1 is 1.61 bits per heavy atom. The molecule has 0 bridgehead atoms. The topological polar surface area (TPSA) is 45.5 Å². The minimum atomic E-state index is -0.0493. The number of likely N-dealkylation sites (tertiary alicyclic amines) is 1. The maximum Gasteiger partial charge on any atom is 0.270 e. The van der Waals surface area contributed by atoms with Gasteiger partial charge in [0.25, 0.3) is 5.91 Å². The van der Waals surface area contributed by atoms with E-state index in [1.54, 1.807) is 17.2 Å². The molecule has 0 aromatic carbocycles. The van der Waals surface area contributed by atoms with E-state index in [1.165, 1.54) is 0 Å². The predicted octanol–water partition coefficient (Wildman–Crippen LogP) is 2.32. The zero-order valence-corrected chi connectivity index (χ0v) is 11.5. The molecule has 2 heterocycles. The summed E-state index contributed by atoms with van der Waals surface area (Å²) in [4.78, 5) is 14.2. The summed E-state index contributed by atoms with van der Waals surface area (Å²) in [5.74, 6) is -0.0350. The number of nitrogens with zero attached hydrogens (tertiary/aromatic N) is 2. The first kappa shape index (κ1) is 13.4. The number of carbonyl (C=O) groups excluding carboxylic acids is 1. The Hall–Kier alpha value is -1.00. The third kappa shape index (κ3) is 2.40. The van der Waals surface area contributed by atoms with Gasteiger partial charge in [-0.05, 0) is 32.8 Å². The molecule has 0 unspecified atom stereocenters. The van der Waals surface area contributed by atoms with Gasteiger partial charge in [-0.15, -0.1) is 0 Å². The van der Waals surface area contributed by atoms with Crippen molar-refractivity contribution in [1.29, 1.82) is 0 Å². The minimum Gasteiger partial charge on any atom is -0.394 e. The Morgan fingerprint density at radius 3 is 2.94 bits per heavy atom. The van der Waals surface area contributed by atoms with Gasteiger partial charge in [0.15, 0.2) is 0 Å². The standard InChI is InChI=1S/C13H19ClN2O2/c1-9(2)16-7-10(14)6-12(16)13(18)15-5-3-4-11(15)8-17/h6-7,9,11,17H,3-5,8H2,1-2H3/t11-/m0/s1. The second-order valence-corrected chi connectivity index (χ2v) is 5.46. The zero-order chi connectivity index (χ0) is 13.3. The summed E-state index contributed by atoms with van der Waals surface area (Å²) in [6.07, 6.45) is 3.61. The van der Waals surface area contributed by atoms with Gasteiger partial charge in [-0.25, -0.2) is 0 Å². The lowest BCUT2D eigenvalue weighted by molar-refractivity contribution is 0.0665. The van der Waals surface area contributed by atoms with E-state index in [2.05, 4.69) is 0 Å². The summed E-state index contributed by atoms with van der Waals surface area (Å²) in [7, 11) is 0. The average molecular weight is 271 g/mol. The molecule has 4 nitrogen and oxygen atoms in total. The van der Waals surface area contributed by atoms with Crippen molar-refractivity contribution in [3.63, 3.8) is 0 Å². The second kappa shape index (κ2) is 5.33. The second-order valence-electron chi connectivity index (χ2n) is 5.02. The number of hydrogen-bond acceptors (Lipinski definition) is 2. The van der Waals surface area contributed by atoms with Crippen molar-refractivity contribution >= 4 is 17.5 Å². The van der Waals surface area contributed by atoms with Crippen LogP contribution in [-0.4, -0.2) is 39.7 Å². The SMILES string of the molecule is CC(C)n1cc(Cl)cc1C(=O)N1CCC[C@H]1CO. The number of rotatable bonds is 3. The average Bonchev–Trinajstić information content (AvgIpc) is 2.93. The van der Waals surface area contributed by atoms with Crippen molar-refractivity contribution in [3.05, 3.63) is 23.0 Å². The number of aromatic nitrogens is 1. The van der Waals surface area contributed by atoms with Crippen LogP contribution in [0.5, 0.6) is 0 Å². The highest BCUT2D eigenvalue weighted by Gasteiger charge is 2.30. The molecule has 1 fully saturated rings. The van der Waals surface area contributed by atoms with Crippen LogP contribution in [0.25, 0.3) is 0 Å². The van der Waals surface area contributed by atoms with Crippen molar-refractivity contribution in [2.45, 2.75) is 38.8 Å². The maximum atomic E-state index is 12.5. The molecule has 2 rings (SSSR count). The van der Waals surface area contributed by atoms with Crippen LogP contribution in [0.1, 0.15) is 43.2 Å². The fourth-order valence-corrected chi connectivity index (χ4v) is 2.69. The first-order valence-electron chi connectivity index (χ1n) is 6.33. The quantitative estimate of drug-likeness (QED) is 0.916. The Kier molecular flexibility index (Phi) is 3.97. The van der Waals surface area contributed by atoms with Gasteiger partial charge in [-0.2, -0.15) is 0 Å². The van der Waals surface area contributed by atoms with Crippen LogP contribution >= 0.6 is 11.6 Å². The molecule has 1 atom stereocenters. The highest BCUT2D eigenvalue weighted by atomic mass is 35.5. The lowest BCUT2D eigenvalue weighted by atomic mass is 10.2. The normalized spacial score (nSPS) is 19.8. The van der Waals surface area contributed by atoms with Crippen LogP contribution < -0.4 is 0 Å². The van der Waals surface area contributed by atoms with Crippen molar-refractivity contribution in [2.24, 2.45) is 0 Å². The van der Waals surface area contributed by atoms with E-state index < -0.39 is 0 Å². The van der Waals surface area contributed by atoms with E-state index in [0.717, 1.165) is 12.8 Å². The number of hydrogen-bond donors (Lipinski definition) is 1. The summed E-state index contributed by atoms with van der Waals surface area (Å²) in [6, 6.07) is 1.84.